The summed E-state index contributed by atoms with van der Waals surface area (Å²) in [6.07, 6.45) is -2.34. The van der Waals surface area contributed by atoms with Crippen LogP contribution in [0.1, 0.15) is 23.2 Å². The first kappa shape index (κ1) is 11.4. The first-order chi connectivity index (χ1) is 7.11. The molecule has 3 nitrogen and oxygen atoms in total. The highest BCUT2D eigenvalue weighted by Crippen LogP contribution is 2.10. The van der Waals surface area contributed by atoms with Crippen LogP contribution in [0.2, 0.25) is 0 Å². The quantitative estimate of drug-likeness (QED) is 0.757. The summed E-state index contributed by atoms with van der Waals surface area (Å²) in [6, 6.07) is 8.01. The molecule has 15 heavy (non-hydrogen) atoms. The van der Waals surface area contributed by atoms with Crippen molar-refractivity contribution in [3.8, 4) is 0 Å². The Hall–Kier alpha value is -1.71. The maximum absolute atomic E-state index is 13.2. The molecule has 0 aliphatic heterocycles. The number of ketones is 1. The van der Waals surface area contributed by atoms with E-state index in [1.165, 1.54) is 12.1 Å². The van der Waals surface area contributed by atoms with E-state index in [2.05, 4.69) is 0 Å². The summed E-state index contributed by atoms with van der Waals surface area (Å²) in [6.45, 7) is 0. The van der Waals surface area contributed by atoms with Gasteiger partial charge >= 0.3 is 5.97 Å². The molecule has 1 aromatic rings. The van der Waals surface area contributed by atoms with Crippen LogP contribution in [0.25, 0.3) is 0 Å². The number of Topliss-reactive ketones (excluding diaryl/α,β-unsaturated/α-hetero) is 1. The molecule has 0 radical (unpaired) electrons. The molecule has 0 fully saturated rings. The molecule has 1 aromatic carbocycles. The number of aliphatic carboxylic acids is 1. The average molecular weight is 210 g/mol. The van der Waals surface area contributed by atoms with Crippen LogP contribution < -0.4 is 0 Å². The lowest BCUT2D eigenvalue weighted by atomic mass is 10.0. The Morgan fingerprint density at radius 1 is 1.27 bits per heavy atom. The first-order valence-electron chi connectivity index (χ1n) is 4.56. The largest absolute Gasteiger partial charge is 0.481 e. The number of carboxylic acids is 1. The number of carbonyl (C=O) groups excluding carboxylic acids is 1. The van der Waals surface area contributed by atoms with Crippen LogP contribution in [-0.2, 0) is 4.79 Å². The third kappa shape index (κ3) is 3.50. The predicted molar refractivity (Wildman–Crippen MR) is 52.5 cm³/mol. The summed E-state index contributed by atoms with van der Waals surface area (Å²) < 4.78 is 13.2. The second-order valence-corrected chi connectivity index (χ2v) is 3.13. The van der Waals surface area contributed by atoms with Crippen molar-refractivity contribution >= 4 is 11.8 Å². The lowest BCUT2D eigenvalue weighted by Gasteiger charge is -2.05. The average Bonchev–Trinajstić information content (AvgIpc) is 2.26. The Kier molecular flexibility index (Phi) is 3.97. The number of hydrogen-bond acceptors (Lipinski definition) is 2. The van der Waals surface area contributed by atoms with Gasteiger partial charge in [-0.2, -0.15) is 0 Å². The number of carbonyl (C=O) groups is 2. The van der Waals surface area contributed by atoms with Crippen molar-refractivity contribution in [2.45, 2.75) is 19.0 Å². The Balaban J connectivity index is 2.57. The molecule has 0 aliphatic carbocycles. The molecule has 1 rings (SSSR count). The number of rotatable bonds is 5. The molecule has 0 aliphatic rings. The second-order valence-electron chi connectivity index (χ2n) is 3.13. The molecule has 1 atom stereocenters. The minimum atomic E-state index is -1.73. The number of halogens is 1. The highest BCUT2D eigenvalue weighted by atomic mass is 19.1. The van der Waals surface area contributed by atoms with Crippen LogP contribution in [0.4, 0.5) is 4.39 Å². The van der Waals surface area contributed by atoms with Crippen molar-refractivity contribution in [2.24, 2.45) is 0 Å². The molecule has 1 unspecified atom stereocenters. The molecule has 0 saturated carbocycles. The van der Waals surface area contributed by atoms with E-state index in [0.29, 0.717) is 0 Å². The highest BCUT2D eigenvalue weighted by molar-refractivity contribution is 5.99. The van der Waals surface area contributed by atoms with Crippen molar-refractivity contribution in [3.05, 3.63) is 35.9 Å². The fourth-order valence-corrected chi connectivity index (χ4v) is 1.16. The van der Waals surface area contributed by atoms with Crippen molar-refractivity contribution in [1.82, 2.24) is 0 Å². The Labute approximate surface area is 86.5 Å². The van der Waals surface area contributed by atoms with Gasteiger partial charge in [0.25, 0.3) is 0 Å². The van der Waals surface area contributed by atoms with Crippen molar-refractivity contribution < 1.29 is 19.1 Å². The Morgan fingerprint density at radius 2 is 1.87 bits per heavy atom. The SMILES string of the molecule is O=C(O)CCC(F)C(=O)c1ccccc1. The zero-order chi connectivity index (χ0) is 11.3. The first-order valence-corrected chi connectivity index (χ1v) is 4.56. The number of carboxylic acid groups (broad SMARTS) is 1. The maximum Gasteiger partial charge on any atom is 0.303 e. The van der Waals surface area contributed by atoms with E-state index in [9.17, 15) is 14.0 Å². The molecule has 1 N–H and O–H groups in total. The van der Waals surface area contributed by atoms with E-state index in [-0.39, 0.29) is 18.4 Å². The molecule has 0 bridgehead atoms. The van der Waals surface area contributed by atoms with Gasteiger partial charge in [0.2, 0.25) is 0 Å². The molecule has 80 valence electrons. The van der Waals surface area contributed by atoms with E-state index in [1.54, 1.807) is 18.2 Å². The third-order valence-corrected chi connectivity index (χ3v) is 1.95. The summed E-state index contributed by atoms with van der Waals surface area (Å²) in [7, 11) is 0. The summed E-state index contributed by atoms with van der Waals surface area (Å²) in [5.41, 5.74) is 0.274. The van der Waals surface area contributed by atoms with Gasteiger partial charge in [-0.15, -0.1) is 0 Å². The number of benzene rings is 1. The lowest BCUT2D eigenvalue weighted by molar-refractivity contribution is -0.137. The van der Waals surface area contributed by atoms with Gasteiger partial charge < -0.3 is 5.11 Å². The van der Waals surface area contributed by atoms with E-state index >= 15 is 0 Å². The molecule has 4 heteroatoms. The van der Waals surface area contributed by atoms with Crippen LogP contribution in [-0.4, -0.2) is 23.0 Å². The zero-order valence-corrected chi connectivity index (χ0v) is 8.02. The lowest BCUT2D eigenvalue weighted by Crippen LogP contribution is -2.17. The highest BCUT2D eigenvalue weighted by Gasteiger charge is 2.19. The third-order valence-electron chi connectivity index (χ3n) is 1.95. The van der Waals surface area contributed by atoms with E-state index < -0.39 is 17.9 Å². The fourth-order valence-electron chi connectivity index (χ4n) is 1.16. The van der Waals surface area contributed by atoms with Crippen molar-refractivity contribution in [3.63, 3.8) is 0 Å². The van der Waals surface area contributed by atoms with Gasteiger partial charge in [0.05, 0.1) is 0 Å². The predicted octanol–water partition coefficient (Wildman–Crippen LogP) is 2.07. The Morgan fingerprint density at radius 3 is 2.40 bits per heavy atom. The molecule has 0 saturated heterocycles. The van der Waals surface area contributed by atoms with Crippen LogP contribution >= 0.6 is 0 Å². The summed E-state index contributed by atoms with van der Waals surface area (Å²) >= 11 is 0. The number of hydrogen-bond donors (Lipinski definition) is 1. The van der Waals surface area contributed by atoms with Gasteiger partial charge in [0.15, 0.2) is 12.0 Å². The summed E-state index contributed by atoms with van der Waals surface area (Å²) in [5, 5.41) is 8.34. The molecule has 0 aromatic heterocycles. The van der Waals surface area contributed by atoms with E-state index in [4.69, 9.17) is 5.11 Å². The molecular formula is C11H11FO3. The second kappa shape index (κ2) is 5.24. The van der Waals surface area contributed by atoms with E-state index in [1.807, 2.05) is 0 Å². The molecule has 0 heterocycles. The fraction of sp³-hybridized carbons (Fsp3) is 0.273. The number of alkyl halides is 1. The van der Waals surface area contributed by atoms with Crippen molar-refractivity contribution in [2.75, 3.05) is 0 Å². The standard InChI is InChI=1S/C11H11FO3/c12-9(6-7-10(13)14)11(15)8-4-2-1-3-5-8/h1-5,9H,6-7H2,(H,13,14). The zero-order valence-electron chi connectivity index (χ0n) is 8.02. The summed E-state index contributed by atoms with van der Waals surface area (Å²) in [5.74, 6) is -1.75. The molecule has 0 amide bonds. The minimum absolute atomic E-state index is 0.274. The molecular weight excluding hydrogens is 199 g/mol. The van der Waals surface area contributed by atoms with Gasteiger partial charge in [-0.1, -0.05) is 30.3 Å². The van der Waals surface area contributed by atoms with Crippen LogP contribution in [0.3, 0.4) is 0 Å². The molecule has 0 spiro atoms. The topological polar surface area (TPSA) is 54.4 Å². The minimum Gasteiger partial charge on any atom is -0.481 e. The normalized spacial score (nSPS) is 12.1. The van der Waals surface area contributed by atoms with Crippen molar-refractivity contribution in [1.29, 1.82) is 0 Å². The van der Waals surface area contributed by atoms with Gasteiger partial charge in [-0.3, -0.25) is 9.59 Å². The Bertz CT molecular complexity index is 348. The van der Waals surface area contributed by atoms with Gasteiger partial charge in [-0.05, 0) is 6.42 Å². The van der Waals surface area contributed by atoms with Crippen LogP contribution in [0.15, 0.2) is 30.3 Å². The van der Waals surface area contributed by atoms with Crippen LogP contribution in [0.5, 0.6) is 0 Å². The monoisotopic (exact) mass is 210 g/mol. The van der Waals surface area contributed by atoms with Crippen LogP contribution in [0, 0.1) is 0 Å². The van der Waals surface area contributed by atoms with Gasteiger partial charge in [0.1, 0.15) is 0 Å². The van der Waals surface area contributed by atoms with Gasteiger partial charge in [-0.25, -0.2) is 4.39 Å². The summed E-state index contributed by atoms with van der Waals surface area (Å²) in [4.78, 5) is 21.6. The van der Waals surface area contributed by atoms with E-state index in [0.717, 1.165) is 0 Å². The maximum atomic E-state index is 13.2. The smallest absolute Gasteiger partial charge is 0.303 e. The van der Waals surface area contributed by atoms with Gasteiger partial charge in [0, 0.05) is 12.0 Å².